The van der Waals surface area contributed by atoms with Gasteiger partial charge in [0.15, 0.2) is 17.2 Å². The van der Waals surface area contributed by atoms with E-state index in [1.807, 2.05) is 54.6 Å². The van der Waals surface area contributed by atoms with Crippen molar-refractivity contribution >= 4 is 22.6 Å². The molecule has 5 aliphatic rings. The van der Waals surface area contributed by atoms with Crippen molar-refractivity contribution in [3.05, 3.63) is 180 Å². The molecule has 5 aromatic carbocycles. The fraction of sp³-hybridized carbons (Fsp3) is 0.220. The van der Waals surface area contributed by atoms with Crippen LogP contribution in [-0.4, -0.2) is 45.6 Å². The zero-order valence-electron chi connectivity index (χ0n) is 33.0. The number of aliphatic hydroxyl groups is 2. The molecule has 2 atom stereocenters. The number of ether oxygens (including phenoxy) is 2. The van der Waals surface area contributed by atoms with Gasteiger partial charge in [-0.2, -0.15) is 0 Å². The molecule has 0 bridgehead atoms. The van der Waals surface area contributed by atoms with Gasteiger partial charge in [-0.15, -0.1) is 0 Å². The number of halogens is 1. The van der Waals surface area contributed by atoms with Gasteiger partial charge in [-0.05, 0) is 116 Å². The summed E-state index contributed by atoms with van der Waals surface area (Å²) >= 11 is 2.14. The number of rotatable bonds is 6. The van der Waals surface area contributed by atoms with E-state index in [0.717, 1.165) is 82.7 Å². The Balaban J connectivity index is 0.000000152. The molecule has 0 aromatic heterocycles. The maximum absolute atomic E-state index is 12.8. The number of methoxy groups -OCH3 is 2. The van der Waals surface area contributed by atoms with Crippen molar-refractivity contribution < 1.29 is 24.8 Å². The van der Waals surface area contributed by atoms with Crippen LogP contribution in [0.15, 0.2) is 126 Å². The number of phenols is 1. The second kappa shape index (κ2) is 16.3. The monoisotopic (exact) mass is 896 g/mol. The lowest BCUT2D eigenvalue weighted by atomic mass is 9.78. The molecule has 0 saturated heterocycles. The number of benzene rings is 6. The van der Waals surface area contributed by atoms with E-state index < -0.39 is 0 Å². The van der Waals surface area contributed by atoms with Gasteiger partial charge in [-0.25, -0.2) is 0 Å². The molecule has 1 aliphatic carbocycles. The molecule has 9 heteroatoms. The first-order chi connectivity index (χ1) is 28.8. The van der Waals surface area contributed by atoms with E-state index >= 15 is 0 Å². The summed E-state index contributed by atoms with van der Waals surface area (Å²) in [4.78, 5) is 15.4. The Morgan fingerprint density at radius 3 is 2.07 bits per heavy atom. The Morgan fingerprint density at radius 2 is 1.36 bits per heavy atom. The molecule has 59 heavy (non-hydrogen) atoms. The standard InChI is InChI=1S/C25H20INO3.C25H25NO3/c1-30-22-13-20-19(23(26)25(22)29)12-21-18-8-7-15(14-28)11-17(18)9-10-27(21)24(20)16-5-3-2-4-6-16;1-29-24-14-21-19(13-23(24)28)12-22-20-8-7-16(15-27)11-18(20)9-10-26(22)25(21)17-5-3-2-4-6-17/h2-8,11-13,28H,9-10,14H2,1H3;2-8,11,13-14,22,25,27-28H,9-10,12,15H2,1H3/t;22-,25-/m.0/s1. The summed E-state index contributed by atoms with van der Waals surface area (Å²) < 4.78 is 13.8. The molecule has 8 nitrogen and oxygen atoms in total. The third kappa shape index (κ3) is 6.99. The lowest BCUT2D eigenvalue weighted by molar-refractivity contribution is 0.128. The molecular weight excluding hydrogens is 851 g/mol. The quantitative estimate of drug-likeness (QED) is 0.143. The number of hydrogen-bond donors (Lipinski definition) is 3. The van der Waals surface area contributed by atoms with Gasteiger partial charge in [0, 0.05) is 41.5 Å². The van der Waals surface area contributed by atoms with E-state index in [1.165, 1.54) is 27.8 Å². The van der Waals surface area contributed by atoms with Gasteiger partial charge in [0.05, 0.1) is 42.7 Å². The summed E-state index contributed by atoms with van der Waals surface area (Å²) in [6, 6.07) is 41.6. The molecule has 4 heterocycles. The van der Waals surface area contributed by atoms with Crippen LogP contribution in [0, 0.1) is 3.57 Å². The highest BCUT2D eigenvalue weighted by Crippen LogP contribution is 2.49. The summed E-state index contributed by atoms with van der Waals surface area (Å²) in [6.45, 7) is 1.90. The largest absolute Gasteiger partial charge is 0.504 e. The Labute approximate surface area is 357 Å². The molecule has 0 unspecified atom stereocenters. The first-order valence-electron chi connectivity index (χ1n) is 20.0. The van der Waals surface area contributed by atoms with E-state index in [9.17, 15) is 20.1 Å². The average molecular weight is 897 g/mol. The Bertz CT molecular complexity index is 2710. The number of aryl methyl sites for hydroxylation is 1. The van der Waals surface area contributed by atoms with Gasteiger partial charge < -0.3 is 29.4 Å². The number of hydrogen-bond acceptors (Lipinski definition) is 7. The highest BCUT2D eigenvalue weighted by molar-refractivity contribution is 14.1. The number of fused-ring (bicyclic) bond motifs is 8. The van der Waals surface area contributed by atoms with Crippen molar-refractivity contribution in [1.82, 2.24) is 9.47 Å². The minimum absolute atomic E-state index is 0.0392. The molecule has 4 aliphatic heterocycles. The van der Waals surface area contributed by atoms with E-state index in [-0.39, 0.29) is 36.5 Å². The third-order valence-electron chi connectivity index (χ3n) is 12.2. The van der Waals surface area contributed by atoms with Gasteiger partial charge in [0.25, 0.3) is 0 Å². The minimum Gasteiger partial charge on any atom is -0.504 e. The number of nitrogens with zero attached hydrogens (tertiary/aromatic N) is 2. The fourth-order valence-corrected chi connectivity index (χ4v) is 10.1. The number of phenolic OH excluding ortho intramolecular Hbond substituents is 1. The smallest absolute Gasteiger partial charge is 0.234 e. The maximum Gasteiger partial charge on any atom is 0.234 e. The van der Waals surface area contributed by atoms with E-state index in [1.54, 1.807) is 14.2 Å². The predicted molar refractivity (Wildman–Crippen MR) is 239 cm³/mol. The van der Waals surface area contributed by atoms with Gasteiger partial charge in [-0.3, -0.25) is 9.69 Å². The van der Waals surface area contributed by atoms with Crippen LogP contribution in [0.25, 0.3) is 33.6 Å². The first kappa shape index (κ1) is 39.0. The summed E-state index contributed by atoms with van der Waals surface area (Å²) in [7, 11) is 3.14. The average Bonchev–Trinajstić information content (AvgIpc) is 3.28. The molecule has 0 saturated carbocycles. The second-order valence-electron chi connectivity index (χ2n) is 15.4. The Morgan fingerprint density at radius 1 is 0.678 bits per heavy atom. The molecular formula is C50H45IN2O6. The summed E-state index contributed by atoms with van der Waals surface area (Å²) in [6.07, 6.45) is 2.70. The van der Waals surface area contributed by atoms with Crippen molar-refractivity contribution in [2.24, 2.45) is 0 Å². The summed E-state index contributed by atoms with van der Waals surface area (Å²) in [5.74, 6) is 1.08. The number of aromatic hydroxyl groups is 1. The van der Waals surface area contributed by atoms with Crippen LogP contribution in [0.2, 0.25) is 0 Å². The van der Waals surface area contributed by atoms with Crippen LogP contribution < -0.4 is 14.9 Å². The predicted octanol–water partition coefficient (Wildman–Crippen LogP) is 9.09. The van der Waals surface area contributed by atoms with Crippen molar-refractivity contribution in [3.63, 3.8) is 0 Å². The van der Waals surface area contributed by atoms with Crippen molar-refractivity contribution in [3.8, 4) is 50.9 Å². The zero-order valence-corrected chi connectivity index (χ0v) is 35.1. The molecule has 5 aromatic rings. The van der Waals surface area contributed by atoms with Crippen molar-refractivity contribution in [1.29, 1.82) is 0 Å². The van der Waals surface area contributed by atoms with Crippen LogP contribution in [0.3, 0.4) is 0 Å². The molecule has 298 valence electrons. The normalized spacial score (nSPS) is 16.4. The Kier molecular flexibility index (Phi) is 10.8. The van der Waals surface area contributed by atoms with E-state index in [4.69, 9.17) is 9.47 Å². The molecule has 10 rings (SSSR count). The fourth-order valence-electron chi connectivity index (χ4n) is 9.42. The number of aromatic nitrogens is 1. The highest BCUT2D eigenvalue weighted by atomic mass is 127. The van der Waals surface area contributed by atoms with Crippen LogP contribution in [-0.2, 0) is 39.0 Å². The maximum atomic E-state index is 12.8. The third-order valence-corrected chi connectivity index (χ3v) is 13.3. The molecule has 0 spiro atoms. The minimum atomic E-state index is -0.0822. The van der Waals surface area contributed by atoms with Gasteiger partial charge in [0.1, 0.15) is 0 Å². The van der Waals surface area contributed by atoms with Crippen LogP contribution >= 0.6 is 22.6 Å². The van der Waals surface area contributed by atoms with E-state index in [0.29, 0.717) is 15.1 Å². The van der Waals surface area contributed by atoms with Crippen molar-refractivity contribution in [2.45, 2.75) is 51.1 Å². The topological polar surface area (TPSA) is 104 Å². The van der Waals surface area contributed by atoms with Gasteiger partial charge in [0.2, 0.25) is 5.43 Å². The summed E-state index contributed by atoms with van der Waals surface area (Å²) in [5.41, 5.74) is 15.7. The molecule has 0 fully saturated rings. The molecule has 0 radical (unpaired) electrons. The summed E-state index contributed by atoms with van der Waals surface area (Å²) in [5, 5.41) is 29.5. The van der Waals surface area contributed by atoms with Crippen LogP contribution in [0.1, 0.15) is 56.6 Å². The first-order valence-corrected chi connectivity index (χ1v) is 21.0. The van der Waals surface area contributed by atoms with Crippen LogP contribution in [0.4, 0.5) is 0 Å². The lowest BCUT2D eigenvalue weighted by Crippen LogP contribution is -2.43. The second-order valence-corrected chi connectivity index (χ2v) is 16.5. The number of aliphatic hydroxyl groups excluding tert-OH is 2. The molecule has 0 amide bonds. The van der Waals surface area contributed by atoms with Crippen LogP contribution in [0.5, 0.6) is 17.2 Å². The lowest BCUT2D eigenvalue weighted by Gasteiger charge is -2.47. The Hall–Kier alpha value is -5.46. The molecule has 3 N–H and O–H groups in total. The highest BCUT2D eigenvalue weighted by Gasteiger charge is 2.39. The SMILES string of the molecule is COc1cc2c(-c3ccccc3)n3c(cc-2c(I)c1=O)-c1ccc(CO)cc1CC3.COc1cc2c(cc1O)C[C@H]1c3ccc(CO)cc3CCN1[C@H]2c1ccccc1. The zero-order chi connectivity index (χ0) is 40.8. The number of pyridine rings is 1. The van der Waals surface area contributed by atoms with Crippen molar-refractivity contribution in [2.75, 3.05) is 20.8 Å². The van der Waals surface area contributed by atoms with E-state index in [2.05, 4.69) is 98.8 Å². The van der Waals surface area contributed by atoms with Gasteiger partial charge >= 0.3 is 0 Å². The van der Waals surface area contributed by atoms with Gasteiger partial charge in [-0.1, -0.05) is 97.1 Å².